The van der Waals surface area contributed by atoms with Crippen molar-refractivity contribution >= 4 is 40.9 Å². The Labute approximate surface area is 228 Å². The van der Waals surface area contributed by atoms with Crippen LogP contribution in [0.25, 0.3) is 6.08 Å². The molecule has 0 aromatic heterocycles. The van der Waals surface area contributed by atoms with Crippen LogP contribution < -0.4 is 0 Å². The van der Waals surface area contributed by atoms with Crippen molar-refractivity contribution in [1.82, 2.24) is 4.90 Å². The predicted molar refractivity (Wildman–Crippen MR) is 147 cm³/mol. The number of fused-ring (bicyclic) bond motifs is 3. The van der Waals surface area contributed by atoms with E-state index in [9.17, 15) is 19.7 Å². The maximum Gasteiger partial charge on any atom is 0.455 e. The molecule has 6 nitrogen and oxygen atoms in total. The van der Waals surface area contributed by atoms with E-state index in [1.807, 2.05) is 19.1 Å². The zero-order valence-corrected chi connectivity index (χ0v) is 23.4. The predicted octanol–water partition coefficient (Wildman–Crippen LogP) is 5.88. The van der Waals surface area contributed by atoms with Gasteiger partial charge in [-0.1, -0.05) is 59.3 Å². The Morgan fingerprint density at radius 1 is 1.19 bits per heavy atom. The van der Waals surface area contributed by atoms with E-state index in [0.29, 0.717) is 19.2 Å². The summed E-state index contributed by atoms with van der Waals surface area (Å²) in [5.74, 6) is -0.606. The van der Waals surface area contributed by atoms with E-state index < -0.39 is 7.12 Å². The first-order valence-electron chi connectivity index (χ1n) is 13.9. The first-order valence-corrected chi connectivity index (χ1v) is 14.7. The largest absolute Gasteiger partial charge is 0.507 e. The molecule has 8 heteroatoms. The molecule has 0 unspecified atom stereocenters. The highest BCUT2D eigenvalue weighted by Crippen LogP contribution is 2.52. The Hall–Kier alpha value is -1.90. The highest BCUT2D eigenvalue weighted by molar-refractivity contribution is 9.10. The minimum atomic E-state index is -0.944. The number of allylic oxidation sites excluding steroid dienone is 2. The minimum absolute atomic E-state index is 0.0111. The molecule has 0 spiro atoms. The van der Waals surface area contributed by atoms with Crippen LogP contribution in [0.4, 0.5) is 0 Å². The van der Waals surface area contributed by atoms with Crippen molar-refractivity contribution in [3.63, 3.8) is 0 Å². The molecule has 2 heterocycles. The average molecular weight is 570 g/mol. The van der Waals surface area contributed by atoms with Crippen LogP contribution in [0, 0.1) is 17.8 Å². The molecule has 1 saturated carbocycles. The van der Waals surface area contributed by atoms with E-state index in [4.69, 9.17) is 4.65 Å². The van der Waals surface area contributed by atoms with Crippen molar-refractivity contribution in [3.05, 3.63) is 45.0 Å². The number of phenols is 1. The summed E-state index contributed by atoms with van der Waals surface area (Å²) in [6.07, 6.45) is 10.1. The van der Waals surface area contributed by atoms with Gasteiger partial charge in [0.05, 0.1) is 17.9 Å². The summed E-state index contributed by atoms with van der Waals surface area (Å²) in [7, 11) is -0.944. The lowest BCUT2D eigenvalue weighted by Crippen LogP contribution is -2.46. The number of amides is 2. The van der Waals surface area contributed by atoms with Crippen molar-refractivity contribution in [1.29, 1.82) is 0 Å². The molecule has 198 valence electrons. The Bertz CT molecular complexity index is 1130. The summed E-state index contributed by atoms with van der Waals surface area (Å²) in [6, 6.07) is 5.39. The molecule has 4 atom stereocenters. The number of imide groups is 1. The van der Waals surface area contributed by atoms with Gasteiger partial charge in [-0.15, -0.1) is 0 Å². The molecule has 1 aromatic carbocycles. The van der Waals surface area contributed by atoms with Gasteiger partial charge in [-0.25, -0.2) is 0 Å². The summed E-state index contributed by atoms with van der Waals surface area (Å²) < 4.78 is 6.99. The molecule has 1 aromatic rings. The number of benzene rings is 1. The number of nitrogens with zero attached hydrogens (tertiary/aromatic N) is 1. The van der Waals surface area contributed by atoms with Gasteiger partial charge in [0, 0.05) is 16.1 Å². The van der Waals surface area contributed by atoms with Crippen LogP contribution in [0.5, 0.6) is 5.75 Å². The normalized spacial score (nSPS) is 29.1. The molecule has 2 N–H and O–H groups in total. The quantitative estimate of drug-likeness (QED) is 0.254. The van der Waals surface area contributed by atoms with Gasteiger partial charge in [0.2, 0.25) is 11.8 Å². The fourth-order valence-corrected chi connectivity index (χ4v) is 7.54. The maximum atomic E-state index is 13.8. The molecule has 37 heavy (non-hydrogen) atoms. The van der Waals surface area contributed by atoms with Crippen LogP contribution >= 0.6 is 15.9 Å². The number of rotatable bonds is 6. The summed E-state index contributed by atoms with van der Waals surface area (Å²) in [4.78, 5) is 28.9. The van der Waals surface area contributed by atoms with Crippen LogP contribution in [0.3, 0.4) is 0 Å². The highest BCUT2D eigenvalue weighted by Gasteiger charge is 2.58. The second-order valence-electron chi connectivity index (χ2n) is 11.2. The van der Waals surface area contributed by atoms with Gasteiger partial charge in [0.1, 0.15) is 5.75 Å². The standard InChI is InChI=1S/C29H37BBrNO5/c1-3-18-15-22-27(29(35)32(28(22)34)21-7-5-4-6-8-21)23-16-30(36)37-25(26(18)23)12-9-17(2)13-19-14-20(31)10-11-24(19)33/h10-11,13-14,21-23,25,27,33,36H,3-9,12,15-16H2,1-2H3/b17-13+/t22-,23+,25-,27-/m1/s1. The lowest BCUT2D eigenvalue weighted by molar-refractivity contribution is -0.143. The molecule has 0 bridgehead atoms. The second-order valence-corrected chi connectivity index (χ2v) is 12.2. The number of halogens is 1. The highest BCUT2D eigenvalue weighted by atomic mass is 79.9. The summed E-state index contributed by atoms with van der Waals surface area (Å²) >= 11 is 3.46. The number of carbonyl (C=O) groups excluding carboxylic acids is 2. The third-order valence-corrected chi connectivity index (χ3v) is 9.39. The third kappa shape index (κ3) is 5.21. The molecule has 2 aliphatic carbocycles. The molecule has 3 fully saturated rings. The van der Waals surface area contributed by atoms with Gasteiger partial charge < -0.3 is 14.8 Å². The number of carbonyl (C=O) groups is 2. The van der Waals surface area contributed by atoms with Gasteiger partial charge in [0.25, 0.3) is 0 Å². The van der Waals surface area contributed by atoms with Crippen molar-refractivity contribution in [2.45, 2.75) is 90.1 Å². The Kier molecular flexibility index (Phi) is 7.99. The van der Waals surface area contributed by atoms with Crippen LogP contribution in [-0.2, 0) is 14.2 Å². The topological polar surface area (TPSA) is 87.1 Å². The van der Waals surface area contributed by atoms with Gasteiger partial charge in [0.15, 0.2) is 0 Å². The molecule has 5 rings (SSSR count). The lowest BCUT2D eigenvalue weighted by atomic mass is 9.58. The van der Waals surface area contributed by atoms with E-state index in [0.717, 1.165) is 59.7 Å². The van der Waals surface area contributed by atoms with Gasteiger partial charge >= 0.3 is 7.12 Å². The number of hydrogen-bond donors (Lipinski definition) is 2. The van der Waals surface area contributed by atoms with Crippen molar-refractivity contribution in [2.24, 2.45) is 17.8 Å². The molecule has 2 aliphatic heterocycles. The van der Waals surface area contributed by atoms with Gasteiger partial charge in [-0.3, -0.25) is 14.5 Å². The average Bonchev–Trinajstić information content (AvgIpc) is 3.14. The SMILES string of the molecule is CCC1=C2[C@@H](CC/C(C)=C/c3cc(Br)ccc3O)OB(O)C[C@@H]2[C@@H]2C(=O)N(C3CCCCC3)C(=O)[C@@H]2C1. The zero-order valence-electron chi connectivity index (χ0n) is 21.8. The second kappa shape index (κ2) is 11.1. The minimum Gasteiger partial charge on any atom is -0.507 e. The van der Waals surface area contributed by atoms with E-state index >= 15 is 0 Å². The van der Waals surface area contributed by atoms with Crippen molar-refractivity contribution < 1.29 is 24.4 Å². The van der Waals surface area contributed by atoms with Crippen LogP contribution in [0.1, 0.15) is 77.2 Å². The number of likely N-dealkylation sites (tertiary alicyclic amines) is 1. The van der Waals surface area contributed by atoms with Crippen LogP contribution in [-0.4, -0.2) is 46.1 Å². The zero-order chi connectivity index (χ0) is 26.3. The Balaban J connectivity index is 1.38. The molecular weight excluding hydrogens is 533 g/mol. The summed E-state index contributed by atoms with van der Waals surface area (Å²) in [5.41, 5.74) is 4.22. The fraction of sp³-hybridized carbons (Fsp3) is 0.586. The molecule has 2 saturated heterocycles. The van der Waals surface area contributed by atoms with Gasteiger partial charge in [-0.05, 0) is 81.5 Å². The first kappa shape index (κ1) is 26.7. The van der Waals surface area contributed by atoms with Crippen LogP contribution in [0.15, 0.2) is 39.4 Å². The maximum absolute atomic E-state index is 13.8. The lowest BCUT2D eigenvalue weighted by Gasteiger charge is -2.43. The summed E-state index contributed by atoms with van der Waals surface area (Å²) in [5, 5.41) is 20.9. The fourth-order valence-electron chi connectivity index (χ4n) is 7.16. The van der Waals surface area contributed by atoms with Crippen LogP contribution in [0.2, 0.25) is 6.32 Å². The number of phenolic OH excluding ortho intramolecular Hbond substituents is 1. The molecule has 4 aliphatic rings. The van der Waals surface area contributed by atoms with Crippen molar-refractivity contribution in [3.8, 4) is 5.75 Å². The smallest absolute Gasteiger partial charge is 0.455 e. The Morgan fingerprint density at radius 2 is 1.95 bits per heavy atom. The van der Waals surface area contributed by atoms with E-state index in [-0.39, 0.29) is 47.5 Å². The molecule has 2 amide bonds. The molecular formula is C29H37BBrNO5. The summed E-state index contributed by atoms with van der Waals surface area (Å²) in [6.45, 7) is 4.15. The third-order valence-electron chi connectivity index (χ3n) is 8.90. The van der Waals surface area contributed by atoms with E-state index in [1.54, 1.807) is 17.0 Å². The molecule has 0 radical (unpaired) electrons. The monoisotopic (exact) mass is 569 g/mol. The van der Waals surface area contributed by atoms with E-state index in [2.05, 4.69) is 22.9 Å². The number of aromatic hydroxyl groups is 1. The first-order chi connectivity index (χ1) is 17.8. The Morgan fingerprint density at radius 3 is 2.68 bits per heavy atom. The van der Waals surface area contributed by atoms with Gasteiger partial charge in [-0.2, -0.15) is 0 Å². The van der Waals surface area contributed by atoms with E-state index in [1.165, 1.54) is 12.0 Å². The van der Waals surface area contributed by atoms with Crippen molar-refractivity contribution in [2.75, 3.05) is 0 Å². The number of hydrogen-bond acceptors (Lipinski definition) is 5.